The molecule has 8 heteroatoms. The van der Waals surface area contributed by atoms with Crippen LogP contribution in [0.2, 0.25) is 0 Å². The van der Waals surface area contributed by atoms with Gasteiger partial charge < -0.3 is 23.3 Å². The van der Waals surface area contributed by atoms with Crippen LogP contribution >= 0.6 is 0 Å². The average Bonchev–Trinajstić information content (AvgIpc) is 3.41. The van der Waals surface area contributed by atoms with Gasteiger partial charge in [-0.15, -0.1) is 0 Å². The zero-order chi connectivity index (χ0) is 17.1. The van der Waals surface area contributed by atoms with Crippen LogP contribution in [-0.2, 0) is 20.7 Å². The summed E-state index contributed by atoms with van der Waals surface area (Å²) in [5, 5.41) is 3.88. The summed E-state index contributed by atoms with van der Waals surface area (Å²) in [5.41, 5.74) is 0. The van der Waals surface area contributed by atoms with E-state index in [1.807, 2.05) is 4.90 Å². The molecular formula is C17H21N3O5. The Kier molecular flexibility index (Phi) is 4.80. The molecule has 0 aliphatic carbocycles. The molecule has 4 rings (SSSR count). The van der Waals surface area contributed by atoms with Gasteiger partial charge in [-0.25, -0.2) is 0 Å². The smallest absolute Gasteiger partial charge is 0.238 e. The van der Waals surface area contributed by atoms with Crippen molar-refractivity contribution in [1.82, 2.24) is 15.0 Å². The van der Waals surface area contributed by atoms with E-state index in [0.29, 0.717) is 43.5 Å². The fraction of sp³-hybridized carbons (Fsp3) is 0.588. The van der Waals surface area contributed by atoms with Gasteiger partial charge in [0.25, 0.3) is 0 Å². The van der Waals surface area contributed by atoms with Crippen LogP contribution in [0, 0.1) is 0 Å². The fourth-order valence-electron chi connectivity index (χ4n) is 3.37. The maximum atomic E-state index is 12.7. The molecule has 4 heterocycles. The van der Waals surface area contributed by atoms with Gasteiger partial charge in [-0.2, -0.15) is 4.98 Å². The highest BCUT2D eigenvalue weighted by molar-refractivity contribution is 5.76. The van der Waals surface area contributed by atoms with Crippen molar-refractivity contribution in [1.29, 1.82) is 0 Å². The molecule has 0 radical (unpaired) electrons. The highest BCUT2D eigenvalue weighted by atomic mass is 16.7. The molecule has 2 aromatic heterocycles. The standard InChI is InChI=1S/C17H21N3O5/c21-15(20-8-2-1-4-12(20)17-23-10-11-24-17)7-6-14-18-16(19-25-14)13-5-3-9-22-13/h3,5,9,12,17H,1-2,4,6-8,10-11H2. The van der Waals surface area contributed by atoms with E-state index < -0.39 is 0 Å². The molecule has 2 aromatic rings. The van der Waals surface area contributed by atoms with Gasteiger partial charge >= 0.3 is 0 Å². The molecule has 2 aliphatic heterocycles. The molecule has 2 aliphatic rings. The average molecular weight is 347 g/mol. The number of hydrogen-bond donors (Lipinski definition) is 0. The monoisotopic (exact) mass is 347 g/mol. The summed E-state index contributed by atoms with van der Waals surface area (Å²) in [7, 11) is 0. The molecule has 25 heavy (non-hydrogen) atoms. The molecule has 2 fully saturated rings. The molecule has 1 atom stereocenters. The van der Waals surface area contributed by atoms with Crippen molar-refractivity contribution >= 4 is 5.91 Å². The Balaban J connectivity index is 1.36. The molecule has 8 nitrogen and oxygen atoms in total. The molecule has 2 saturated heterocycles. The lowest BCUT2D eigenvalue weighted by molar-refractivity contribution is -0.150. The van der Waals surface area contributed by atoms with E-state index in [4.69, 9.17) is 18.4 Å². The minimum absolute atomic E-state index is 0.00474. The largest absolute Gasteiger partial charge is 0.461 e. The van der Waals surface area contributed by atoms with Crippen LogP contribution in [0.5, 0.6) is 0 Å². The quantitative estimate of drug-likeness (QED) is 0.817. The number of nitrogens with zero attached hydrogens (tertiary/aromatic N) is 3. The number of aromatic nitrogens is 2. The number of aryl methyl sites for hydroxylation is 1. The van der Waals surface area contributed by atoms with Crippen LogP contribution in [0.4, 0.5) is 0 Å². The molecule has 0 spiro atoms. The number of hydrogen-bond acceptors (Lipinski definition) is 7. The van der Waals surface area contributed by atoms with Crippen LogP contribution in [0.15, 0.2) is 27.3 Å². The predicted octanol–water partition coefficient (Wildman–Crippen LogP) is 2.02. The number of amides is 1. The van der Waals surface area contributed by atoms with Gasteiger partial charge in [0.1, 0.15) is 0 Å². The molecule has 0 aromatic carbocycles. The zero-order valence-electron chi connectivity index (χ0n) is 13.9. The predicted molar refractivity (Wildman–Crippen MR) is 85.4 cm³/mol. The van der Waals surface area contributed by atoms with E-state index in [0.717, 1.165) is 25.8 Å². The third kappa shape index (κ3) is 3.59. The number of rotatable bonds is 5. The van der Waals surface area contributed by atoms with Crippen molar-refractivity contribution in [2.75, 3.05) is 19.8 Å². The van der Waals surface area contributed by atoms with Crippen molar-refractivity contribution < 1.29 is 23.2 Å². The van der Waals surface area contributed by atoms with E-state index >= 15 is 0 Å². The van der Waals surface area contributed by atoms with E-state index in [1.54, 1.807) is 18.4 Å². The van der Waals surface area contributed by atoms with Crippen LogP contribution in [-0.4, -0.2) is 53.0 Å². The Bertz CT molecular complexity index is 693. The van der Waals surface area contributed by atoms with E-state index in [-0.39, 0.29) is 18.2 Å². The van der Waals surface area contributed by atoms with Crippen LogP contribution < -0.4 is 0 Å². The summed E-state index contributed by atoms with van der Waals surface area (Å²) in [4.78, 5) is 18.8. The highest BCUT2D eigenvalue weighted by Crippen LogP contribution is 2.25. The van der Waals surface area contributed by atoms with Gasteiger partial charge in [-0.05, 0) is 31.4 Å². The molecule has 0 saturated carbocycles. The van der Waals surface area contributed by atoms with Crippen molar-refractivity contribution in [2.45, 2.75) is 44.4 Å². The Morgan fingerprint density at radius 1 is 1.28 bits per heavy atom. The fourth-order valence-corrected chi connectivity index (χ4v) is 3.37. The molecule has 1 amide bonds. The Morgan fingerprint density at radius 3 is 2.96 bits per heavy atom. The summed E-state index contributed by atoms with van der Waals surface area (Å²) in [6, 6.07) is 3.53. The van der Waals surface area contributed by atoms with E-state index in [9.17, 15) is 4.79 Å². The first-order valence-electron chi connectivity index (χ1n) is 8.70. The Morgan fingerprint density at radius 2 is 2.16 bits per heavy atom. The topological polar surface area (TPSA) is 90.8 Å². The van der Waals surface area contributed by atoms with E-state index in [2.05, 4.69) is 10.1 Å². The van der Waals surface area contributed by atoms with Crippen LogP contribution in [0.3, 0.4) is 0 Å². The molecule has 1 unspecified atom stereocenters. The minimum atomic E-state index is -0.293. The third-order valence-corrected chi connectivity index (χ3v) is 4.59. The number of carbonyl (C=O) groups is 1. The number of ether oxygens (including phenoxy) is 2. The second kappa shape index (κ2) is 7.37. The van der Waals surface area contributed by atoms with Gasteiger partial charge in [0.05, 0.1) is 25.5 Å². The normalized spacial score (nSPS) is 21.8. The third-order valence-electron chi connectivity index (χ3n) is 4.59. The first-order valence-corrected chi connectivity index (χ1v) is 8.70. The molecular weight excluding hydrogens is 326 g/mol. The Hall–Kier alpha value is -2.19. The number of furan rings is 1. The zero-order valence-corrected chi connectivity index (χ0v) is 13.9. The van der Waals surface area contributed by atoms with Crippen molar-refractivity contribution in [2.24, 2.45) is 0 Å². The number of carbonyl (C=O) groups excluding carboxylic acids is 1. The first-order chi connectivity index (χ1) is 12.3. The summed E-state index contributed by atoms with van der Waals surface area (Å²) < 4.78 is 21.7. The number of piperidine rings is 1. The van der Waals surface area contributed by atoms with Crippen molar-refractivity contribution in [3.8, 4) is 11.6 Å². The van der Waals surface area contributed by atoms with Gasteiger partial charge in [-0.1, -0.05) is 5.16 Å². The summed E-state index contributed by atoms with van der Waals surface area (Å²) in [6.45, 7) is 1.94. The van der Waals surface area contributed by atoms with Crippen LogP contribution in [0.1, 0.15) is 31.6 Å². The van der Waals surface area contributed by atoms with Gasteiger partial charge in [-0.3, -0.25) is 4.79 Å². The maximum absolute atomic E-state index is 12.7. The Labute approximate surface area is 145 Å². The summed E-state index contributed by atoms with van der Waals surface area (Å²) in [6.07, 6.45) is 5.01. The van der Waals surface area contributed by atoms with Crippen LogP contribution in [0.25, 0.3) is 11.6 Å². The molecule has 0 bridgehead atoms. The second-order valence-electron chi connectivity index (χ2n) is 6.25. The second-order valence-corrected chi connectivity index (χ2v) is 6.25. The first kappa shape index (κ1) is 16.3. The van der Waals surface area contributed by atoms with E-state index in [1.165, 1.54) is 0 Å². The maximum Gasteiger partial charge on any atom is 0.238 e. The number of likely N-dealkylation sites (tertiary alicyclic amines) is 1. The lowest BCUT2D eigenvalue weighted by Crippen LogP contribution is -2.50. The van der Waals surface area contributed by atoms with Gasteiger partial charge in [0.15, 0.2) is 12.1 Å². The van der Waals surface area contributed by atoms with Gasteiger partial charge in [0.2, 0.25) is 17.6 Å². The van der Waals surface area contributed by atoms with Crippen molar-refractivity contribution in [3.63, 3.8) is 0 Å². The minimum Gasteiger partial charge on any atom is -0.461 e. The van der Waals surface area contributed by atoms with Crippen molar-refractivity contribution in [3.05, 3.63) is 24.3 Å². The van der Waals surface area contributed by atoms with Gasteiger partial charge in [0, 0.05) is 19.4 Å². The molecule has 0 N–H and O–H groups in total. The lowest BCUT2D eigenvalue weighted by Gasteiger charge is -2.38. The lowest BCUT2D eigenvalue weighted by atomic mass is 10.0. The highest BCUT2D eigenvalue weighted by Gasteiger charge is 2.36. The SMILES string of the molecule is O=C(CCc1nc(-c2ccco2)no1)N1CCCCC1C1OCCO1. The summed E-state index contributed by atoms with van der Waals surface area (Å²) >= 11 is 0. The molecule has 134 valence electrons. The summed E-state index contributed by atoms with van der Waals surface area (Å²) in [5.74, 6) is 1.45.